The molecule has 4 rings (SSSR count). The highest BCUT2D eigenvalue weighted by atomic mass is 32.1. The van der Waals surface area contributed by atoms with Gasteiger partial charge in [-0.05, 0) is 18.2 Å². The van der Waals surface area contributed by atoms with E-state index in [2.05, 4.69) is 4.98 Å². The van der Waals surface area contributed by atoms with Crippen LogP contribution in [0.1, 0.15) is 0 Å². The summed E-state index contributed by atoms with van der Waals surface area (Å²) in [5.74, 6) is 0. The van der Waals surface area contributed by atoms with Gasteiger partial charge in [0.25, 0.3) is 11.2 Å². The summed E-state index contributed by atoms with van der Waals surface area (Å²) in [6.45, 7) is 0. The average molecular weight is 297 g/mol. The van der Waals surface area contributed by atoms with Crippen molar-refractivity contribution >= 4 is 43.1 Å². The van der Waals surface area contributed by atoms with Crippen LogP contribution in [0.15, 0.2) is 47.3 Å². The molecule has 0 radical (unpaired) electrons. The van der Waals surface area contributed by atoms with Crippen molar-refractivity contribution in [2.45, 2.75) is 0 Å². The number of nitrogens with zero attached hydrogens (tertiary/aromatic N) is 3. The maximum absolute atomic E-state index is 12.6. The van der Waals surface area contributed by atoms with Gasteiger partial charge in [-0.3, -0.25) is 19.3 Å². The molecule has 2 heterocycles. The second-order valence-corrected chi connectivity index (χ2v) is 5.57. The Morgan fingerprint density at radius 3 is 2.81 bits per heavy atom. The van der Waals surface area contributed by atoms with Crippen molar-refractivity contribution in [2.24, 2.45) is 0 Å². The molecule has 0 N–H and O–H groups in total. The van der Waals surface area contributed by atoms with E-state index in [0.29, 0.717) is 10.5 Å². The second-order valence-electron chi connectivity index (χ2n) is 4.56. The van der Waals surface area contributed by atoms with E-state index >= 15 is 0 Å². The first kappa shape index (κ1) is 12.0. The fourth-order valence-electron chi connectivity index (χ4n) is 2.37. The van der Waals surface area contributed by atoms with Crippen LogP contribution in [-0.2, 0) is 0 Å². The lowest BCUT2D eigenvalue weighted by Crippen LogP contribution is -2.13. The van der Waals surface area contributed by atoms with Gasteiger partial charge in [-0.15, -0.1) is 0 Å². The van der Waals surface area contributed by atoms with Gasteiger partial charge in [0.1, 0.15) is 0 Å². The van der Waals surface area contributed by atoms with Gasteiger partial charge in [0, 0.05) is 12.1 Å². The van der Waals surface area contributed by atoms with E-state index in [1.54, 1.807) is 0 Å². The lowest BCUT2D eigenvalue weighted by molar-refractivity contribution is -0.384. The van der Waals surface area contributed by atoms with Gasteiger partial charge in [-0.25, -0.2) is 4.98 Å². The molecule has 6 nitrogen and oxygen atoms in total. The van der Waals surface area contributed by atoms with Gasteiger partial charge in [-0.1, -0.05) is 23.5 Å². The maximum Gasteiger partial charge on any atom is 0.270 e. The number of non-ortho nitro benzene ring substituents is 1. The van der Waals surface area contributed by atoms with Gasteiger partial charge in [0.05, 0.1) is 26.0 Å². The Hall–Kier alpha value is -2.80. The van der Waals surface area contributed by atoms with Crippen molar-refractivity contribution in [3.8, 4) is 0 Å². The average Bonchev–Trinajstić information content (AvgIpc) is 2.85. The summed E-state index contributed by atoms with van der Waals surface area (Å²) in [4.78, 5) is 28.0. The van der Waals surface area contributed by atoms with E-state index in [-0.39, 0.29) is 16.6 Å². The SMILES string of the molecule is O=c1c2cc([N+](=O)[O-])ccc2nc2sc3ccccc3n12. The van der Waals surface area contributed by atoms with Crippen molar-refractivity contribution in [1.82, 2.24) is 9.38 Å². The van der Waals surface area contributed by atoms with E-state index in [1.165, 1.54) is 33.9 Å². The number of thiazole rings is 1. The summed E-state index contributed by atoms with van der Waals surface area (Å²) < 4.78 is 2.46. The van der Waals surface area contributed by atoms with Crippen LogP contribution in [0, 0.1) is 10.1 Å². The summed E-state index contributed by atoms with van der Waals surface area (Å²) in [5.41, 5.74) is 0.845. The van der Waals surface area contributed by atoms with E-state index in [0.717, 1.165) is 10.2 Å². The predicted octanol–water partition coefficient (Wildman–Crippen LogP) is 2.97. The largest absolute Gasteiger partial charge is 0.270 e. The molecule has 2 aromatic carbocycles. The Bertz CT molecular complexity index is 1100. The first-order valence-corrected chi connectivity index (χ1v) is 6.95. The molecule has 0 bridgehead atoms. The summed E-state index contributed by atoms with van der Waals surface area (Å²) in [5, 5.41) is 11.1. The highest BCUT2D eigenvalue weighted by molar-refractivity contribution is 7.23. The van der Waals surface area contributed by atoms with Crippen LogP contribution < -0.4 is 5.56 Å². The van der Waals surface area contributed by atoms with Crippen molar-refractivity contribution < 1.29 is 4.92 Å². The zero-order valence-corrected chi connectivity index (χ0v) is 11.3. The number of para-hydroxylation sites is 1. The molecule has 2 aromatic heterocycles. The van der Waals surface area contributed by atoms with Crippen LogP contribution in [0.3, 0.4) is 0 Å². The fraction of sp³-hybridized carbons (Fsp3) is 0. The van der Waals surface area contributed by atoms with Crippen LogP contribution in [0.25, 0.3) is 26.1 Å². The lowest BCUT2D eigenvalue weighted by atomic mass is 10.2. The van der Waals surface area contributed by atoms with Gasteiger partial charge in [0.15, 0.2) is 4.96 Å². The van der Waals surface area contributed by atoms with Crippen LogP contribution >= 0.6 is 11.3 Å². The predicted molar refractivity (Wildman–Crippen MR) is 81.0 cm³/mol. The molecule has 0 atom stereocenters. The fourth-order valence-corrected chi connectivity index (χ4v) is 3.40. The minimum atomic E-state index is -0.514. The number of nitro benzene ring substituents is 1. The third kappa shape index (κ3) is 1.64. The van der Waals surface area contributed by atoms with E-state index < -0.39 is 4.92 Å². The smallest absolute Gasteiger partial charge is 0.268 e. The minimum absolute atomic E-state index is 0.110. The highest BCUT2D eigenvalue weighted by Gasteiger charge is 2.14. The van der Waals surface area contributed by atoms with E-state index in [9.17, 15) is 14.9 Å². The summed E-state index contributed by atoms with van der Waals surface area (Å²) >= 11 is 1.42. The van der Waals surface area contributed by atoms with Gasteiger partial charge < -0.3 is 0 Å². The Kier molecular flexibility index (Phi) is 2.34. The second kappa shape index (κ2) is 4.10. The van der Waals surface area contributed by atoms with Crippen molar-refractivity contribution in [3.05, 3.63) is 62.9 Å². The number of nitro groups is 1. The van der Waals surface area contributed by atoms with Crippen molar-refractivity contribution in [1.29, 1.82) is 0 Å². The first-order chi connectivity index (χ1) is 10.1. The maximum atomic E-state index is 12.6. The molecule has 0 unspecified atom stereocenters. The third-order valence-corrected chi connectivity index (χ3v) is 4.36. The standard InChI is InChI=1S/C14H7N3O3S/c18-13-9-7-8(17(19)20)5-6-10(9)15-14-16(13)11-3-1-2-4-12(11)21-14/h1-7H. The molecule has 0 spiro atoms. The minimum Gasteiger partial charge on any atom is -0.268 e. The molecule has 0 fully saturated rings. The Balaban J connectivity index is 2.24. The molecule has 0 aliphatic carbocycles. The number of hydrogen-bond donors (Lipinski definition) is 0. The van der Waals surface area contributed by atoms with Crippen LogP contribution in [-0.4, -0.2) is 14.3 Å². The monoisotopic (exact) mass is 297 g/mol. The molecule has 4 aromatic rings. The molecular formula is C14H7N3O3S. The summed E-state index contributed by atoms with van der Waals surface area (Å²) in [6, 6.07) is 11.7. The quantitative estimate of drug-likeness (QED) is 0.400. The lowest BCUT2D eigenvalue weighted by Gasteiger charge is -1.99. The molecular weight excluding hydrogens is 290 g/mol. The number of hydrogen-bond acceptors (Lipinski definition) is 5. The molecule has 0 aliphatic rings. The Labute approximate surface area is 121 Å². The molecule has 7 heteroatoms. The molecule has 102 valence electrons. The Morgan fingerprint density at radius 1 is 1.19 bits per heavy atom. The third-order valence-electron chi connectivity index (χ3n) is 3.34. The van der Waals surface area contributed by atoms with Crippen molar-refractivity contribution in [3.63, 3.8) is 0 Å². The molecule has 0 amide bonds. The zero-order valence-electron chi connectivity index (χ0n) is 10.5. The molecule has 21 heavy (non-hydrogen) atoms. The first-order valence-electron chi connectivity index (χ1n) is 6.13. The highest BCUT2D eigenvalue weighted by Crippen LogP contribution is 2.25. The molecule has 0 saturated carbocycles. The van der Waals surface area contributed by atoms with Crippen molar-refractivity contribution in [2.75, 3.05) is 0 Å². The summed E-state index contributed by atoms with van der Waals surface area (Å²) in [6.07, 6.45) is 0. The normalized spacial score (nSPS) is 11.4. The van der Waals surface area contributed by atoms with Gasteiger partial charge in [-0.2, -0.15) is 0 Å². The number of aromatic nitrogens is 2. The van der Waals surface area contributed by atoms with E-state index in [1.807, 2.05) is 24.3 Å². The van der Waals surface area contributed by atoms with Crippen LogP contribution in [0.4, 0.5) is 5.69 Å². The van der Waals surface area contributed by atoms with Crippen LogP contribution in [0.2, 0.25) is 0 Å². The molecule has 0 aliphatic heterocycles. The van der Waals surface area contributed by atoms with Crippen LogP contribution in [0.5, 0.6) is 0 Å². The topological polar surface area (TPSA) is 77.5 Å². The number of benzene rings is 2. The van der Waals surface area contributed by atoms with Gasteiger partial charge >= 0.3 is 0 Å². The zero-order chi connectivity index (χ0) is 14.6. The Morgan fingerprint density at radius 2 is 2.00 bits per heavy atom. The van der Waals surface area contributed by atoms with E-state index in [4.69, 9.17) is 0 Å². The van der Waals surface area contributed by atoms with Gasteiger partial charge in [0.2, 0.25) is 0 Å². The number of rotatable bonds is 1. The molecule has 0 saturated heterocycles. The summed E-state index contributed by atoms with van der Waals surface area (Å²) in [7, 11) is 0. The number of fused-ring (bicyclic) bond motifs is 4.